The number of nitrogens with zero attached hydrogens (tertiary/aromatic N) is 2. The minimum absolute atomic E-state index is 0.0269. The van der Waals surface area contributed by atoms with Gasteiger partial charge in [-0.3, -0.25) is 9.10 Å². The lowest BCUT2D eigenvalue weighted by molar-refractivity contribution is -0.116. The highest BCUT2D eigenvalue weighted by Gasteiger charge is 2.30. The summed E-state index contributed by atoms with van der Waals surface area (Å²) in [6.45, 7) is 1.38. The predicted octanol–water partition coefficient (Wildman–Crippen LogP) is 3.14. The number of nitrogens with one attached hydrogen (secondary N) is 1. The summed E-state index contributed by atoms with van der Waals surface area (Å²) in [6.07, 6.45) is 0.954. The van der Waals surface area contributed by atoms with Gasteiger partial charge in [0.25, 0.3) is 0 Å². The van der Waals surface area contributed by atoms with E-state index in [9.17, 15) is 17.6 Å². The Balaban J connectivity index is 2.36. The molecular formula is C17H15ClFN3O3S. The molecule has 0 saturated carbocycles. The third kappa shape index (κ3) is 4.50. The second-order valence-electron chi connectivity index (χ2n) is 5.52. The highest BCUT2D eigenvalue weighted by atomic mass is 35.5. The average molecular weight is 396 g/mol. The van der Waals surface area contributed by atoms with Crippen LogP contribution in [0.5, 0.6) is 0 Å². The van der Waals surface area contributed by atoms with Crippen LogP contribution < -0.4 is 9.62 Å². The van der Waals surface area contributed by atoms with Crippen LogP contribution in [-0.2, 0) is 14.8 Å². The molecule has 9 heteroatoms. The number of amides is 1. The number of anilines is 2. The first-order valence-corrected chi connectivity index (χ1v) is 9.61. The topological polar surface area (TPSA) is 90.3 Å². The fourth-order valence-corrected chi connectivity index (χ4v) is 3.85. The van der Waals surface area contributed by atoms with E-state index in [-0.39, 0.29) is 22.0 Å². The van der Waals surface area contributed by atoms with Gasteiger partial charge in [-0.05, 0) is 37.3 Å². The number of para-hydroxylation sites is 1. The standard InChI is InChI=1S/C17H15ClFN3O3S/c1-11(17(23)21-14-8-12(10-20)7-13(19)9-14)22(26(2,24)25)16-6-4-3-5-15(16)18/h3-9,11H,1-2H3,(H,21,23). The van der Waals surface area contributed by atoms with Gasteiger partial charge in [0, 0.05) is 5.69 Å². The van der Waals surface area contributed by atoms with Gasteiger partial charge in [-0.25, -0.2) is 12.8 Å². The number of rotatable bonds is 5. The summed E-state index contributed by atoms with van der Waals surface area (Å²) in [5.74, 6) is -1.40. The van der Waals surface area contributed by atoms with Gasteiger partial charge in [0.2, 0.25) is 15.9 Å². The second kappa shape index (κ2) is 7.72. The lowest BCUT2D eigenvalue weighted by atomic mass is 10.2. The molecule has 0 aromatic heterocycles. The molecule has 0 aliphatic rings. The largest absolute Gasteiger partial charge is 0.324 e. The number of nitriles is 1. The number of halogens is 2. The second-order valence-corrected chi connectivity index (χ2v) is 7.78. The molecule has 6 nitrogen and oxygen atoms in total. The normalized spacial score (nSPS) is 12.1. The molecule has 2 rings (SSSR count). The molecule has 1 atom stereocenters. The highest BCUT2D eigenvalue weighted by Crippen LogP contribution is 2.29. The van der Waals surface area contributed by atoms with Crippen molar-refractivity contribution < 1.29 is 17.6 Å². The number of hydrogen-bond acceptors (Lipinski definition) is 4. The van der Waals surface area contributed by atoms with Crippen molar-refractivity contribution in [3.05, 3.63) is 58.9 Å². The molecule has 0 radical (unpaired) electrons. The molecule has 2 aromatic carbocycles. The van der Waals surface area contributed by atoms with Crippen molar-refractivity contribution in [3.8, 4) is 6.07 Å². The summed E-state index contributed by atoms with van der Waals surface area (Å²) >= 11 is 6.07. The van der Waals surface area contributed by atoms with Crippen molar-refractivity contribution in [2.45, 2.75) is 13.0 Å². The fraction of sp³-hybridized carbons (Fsp3) is 0.176. The molecule has 0 fully saturated rings. The van der Waals surface area contributed by atoms with Crippen LogP contribution in [0.2, 0.25) is 5.02 Å². The first-order valence-electron chi connectivity index (χ1n) is 7.39. The molecule has 1 amide bonds. The van der Waals surface area contributed by atoms with Crippen LogP contribution in [0.15, 0.2) is 42.5 Å². The molecule has 1 N–H and O–H groups in total. The van der Waals surface area contributed by atoms with E-state index in [1.54, 1.807) is 18.2 Å². The highest BCUT2D eigenvalue weighted by molar-refractivity contribution is 7.92. The Kier molecular flexibility index (Phi) is 5.85. The van der Waals surface area contributed by atoms with Gasteiger partial charge < -0.3 is 5.32 Å². The number of carbonyl (C=O) groups excluding carboxylic acids is 1. The first kappa shape index (κ1) is 19.7. The molecule has 0 aliphatic carbocycles. The monoisotopic (exact) mass is 395 g/mol. The van der Waals surface area contributed by atoms with E-state index in [0.29, 0.717) is 0 Å². The van der Waals surface area contributed by atoms with E-state index in [1.165, 1.54) is 25.1 Å². The maximum absolute atomic E-state index is 13.5. The summed E-state index contributed by atoms with van der Waals surface area (Å²) in [4.78, 5) is 12.5. The molecule has 2 aromatic rings. The van der Waals surface area contributed by atoms with Crippen molar-refractivity contribution in [2.75, 3.05) is 15.9 Å². The number of benzene rings is 2. The average Bonchev–Trinajstić information content (AvgIpc) is 2.54. The third-order valence-corrected chi connectivity index (χ3v) is 5.02. The van der Waals surface area contributed by atoms with Crippen LogP contribution in [0.1, 0.15) is 12.5 Å². The lowest BCUT2D eigenvalue weighted by Crippen LogP contribution is -2.45. The Bertz CT molecular complexity index is 989. The van der Waals surface area contributed by atoms with Crippen LogP contribution in [0, 0.1) is 17.1 Å². The van der Waals surface area contributed by atoms with Gasteiger partial charge in [0.05, 0.1) is 28.6 Å². The predicted molar refractivity (Wildman–Crippen MR) is 98.0 cm³/mol. The van der Waals surface area contributed by atoms with E-state index in [1.807, 2.05) is 0 Å². The van der Waals surface area contributed by atoms with Crippen LogP contribution in [-0.4, -0.2) is 26.6 Å². The molecule has 0 aliphatic heterocycles. The molecule has 26 heavy (non-hydrogen) atoms. The number of sulfonamides is 1. The van der Waals surface area contributed by atoms with Crippen molar-refractivity contribution in [2.24, 2.45) is 0 Å². The molecule has 0 bridgehead atoms. The van der Waals surface area contributed by atoms with E-state index in [0.717, 1.165) is 22.7 Å². The van der Waals surface area contributed by atoms with E-state index >= 15 is 0 Å². The molecule has 0 heterocycles. The Morgan fingerprint density at radius 3 is 2.54 bits per heavy atom. The summed E-state index contributed by atoms with van der Waals surface area (Å²) in [7, 11) is -3.84. The first-order chi connectivity index (χ1) is 12.1. The Morgan fingerprint density at radius 2 is 1.96 bits per heavy atom. The lowest BCUT2D eigenvalue weighted by Gasteiger charge is -2.28. The Hall–Kier alpha value is -2.63. The molecule has 0 saturated heterocycles. The fourth-order valence-electron chi connectivity index (χ4n) is 2.38. The minimum atomic E-state index is -3.84. The van der Waals surface area contributed by atoms with E-state index in [2.05, 4.69) is 5.32 Å². The van der Waals surface area contributed by atoms with Crippen LogP contribution >= 0.6 is 11.6 Å². The molecular weight excluding hydrogens is 381 g/mol. The number of carbonyl (C=O) groups is 1. The summed E-state index contributed by atoms with van der Waals surface area (Å²) in [5.41, 5.74) is 0.223. The summed E-state index contributed by atoms with van der Waals surface area (Å²) < 4.78 is 38.8. The Morgan fingerprint density at radius 1 is 1.31 bits per heavy atom. The van der Waals surface area contributed by atoms with Crippen molar-refractivity contribution in [1.29, 1.82) is 5.26 Å². The third-order valence-electron chi connectivity index (χ3n) is 3.47. The maximum atomic E-state index is 13.5. The summed E-state index contributed by atoms with van der Waals surface area (Å²) in [6, 6.07) is 10.2. The molecule has 136 valence electrons. The zero-order valence-electron chi connectivity index (χ0n) is 13.9. The van der Waals surface area contributed by atoms with Crippen molar-refractivity contribution in [3.63, 3.8) is 0 Å². The van der Waals surface area contributed by atoms with Crippen LogP contribution in [0.3, 0.4) is 0 Å². The van der Waals surface area contributed by atoms with Gasteiger partial charge in [-0.1, -0.05) is 23.7 Å². The van der Waals surface area contributed by atoms with Gasteiger partial charge in [0.1, 0.15) is 11.9 Å². The van der Waals surface area contributed by atoms with Gasteiger partial charge in [0.15, 0.2) is 0 Å². The molecule has 1 unspecified atom stereocenters. The quantitative estimate of drug-likeness (QED) is 0.842. The van der Waals surface area contributed by atoms with Crippen molar-refractivity contribution >= 4 is 38.9 Å². The van der Waals surface area contributed by atoms with Crippen LogP contribution in [0.25, 0.3) is 0 Å². The minimum Gasteiger partial charge on any atom is -0.324 e. The SMILES string of the molecule is CC(C(=O)Nc1cc(F)cc(C#N)c1)N(c1ccccc1Cl)S(C)(=O)=O. The zero-order valence-corrected chi connectivity index (χ0v) is 15.5. The van der Waals surface area contributed by atoms with E-state index in [4.69, 9.17) is 16.9 Å². The van der Waals surface area contributed by atoms with Gasteiger partial charge in [-0.15, -0.1) is 0 Å². The van der Waals surface area contributed by atoms with E-state index < -0.39 is 27.8 Å². The zero-order chi connectivity index (χ0) is 19.5. The van der Waals surface area contributed by atoms with Crippen LogP contribution in [0.4, 0.5) is 15.8 Å². The molecule has 0 spiro atoms. The summed E-state index contributed by atoms with van der Waals surface area (Å²) in [5, 5.41) is 11.5. The van der Waals surface area contributed by atoms with Crippen molar-refractivity contribution in [1.82, 2.24) is 0 Å². The maximum Gasteiger partial charge on any atom is 0.247 e. The Labute approximate surface area is 155 Å². The van der Waals surface area contributed by atoms with Gasteiger partial charge >= 0.3 is 0 Å². The van der Waals surface area contributed by atoms with Gasteiger partial charge in [-0.2, -0.15) is 5.26 Å². The smallest absolute Gasteiger partial charge is 0.247 e. The number of hydrogen-bond donors (Lipinski definition) is 1.